The minimum absolute atomic E-state index is 0.286. The molecule has 1 heterocycles. The first-order chi connectivity index (χ1) is 8.16. The highest BCUT2D eigenvalue weighted by Crippen LogP contribution is 2.17. The van der Waals surface area contributed by atoms with E-state index in [9.17, 15) is 9.32 Å². The summed E-state index contributed by atoms with van der Waals surface area (Å²) in [7, 11) is -1.09. The average Bonchev–Trinajstić information content (AvgIpc) is 2.33. The number of benzene rings is 1. The first-order valence-electron chi connectivity index (χ1n) is 5.91. The number of aryl methyl sites for hydroxylation is 1. The Labute approximate surface area is 104 Å². The third kappa shape index (κ3) is 3.37. The molecule has 0 saturated carbocycles. The molecule has 1 N–H and O–H groups in total. The molecule has 0 amide bonds. The maximum Gasteiger partial charge on any atom is 0.0952 e. The van der Waals surface area contributed by atoms with Crippen molar-refractivity contribution in [2.24, 2.45) is 0 Å². The van der Waals surface area contributed by atoms with Gasteiger partial charge in [-0.3, -0.25) is 4.21 Å². The summed E-state index contributed by atoms with van der Waals surface area (Å²) in [5, 5.41) is 9.75. The predicted molar refractivity (Wildman–Crippen MR) is 67.4 cm³/mol. The van der Waals surface area contributed by atoms with Crippen LogP contribution < -0.4 is 0 Å². The zero-order valence-electron chi connectivity index (χ0n) is 9.96. The zero-order valence-corrected chi connectivity index (χ0v) is 10.8. The standard InChI is InChI=1S/C13H18O3S/c1-10-4-6-11(7-5-10)17(15)9-13-12(14)3-2-8-16-13/h4-7,12-14H,2-3,8-9H2,1H3/t12-,13+,17?/m1/s1. The molecule has 17 heavy (non-hydrogen) atoms. The molecule has 1 unspecified atom stereocenters. The van der Waals surface area contributed by atoms with Crippen LogP contribution in [0.25, 0.3) is 0 Å². The lowest BCUT2D eigenvalue weighted by atomic mass is 10.1. The molecule has 0 aliphatic carbocycles. The molecule has 2 rings (SSSR count). The van der Waals surface area contributed by atoms with Gasteiger partial charge in [-0.1, -0.05) is 17.7 Å². The Morgan fingerprint density at radius 3 is 2.76 bits per heavy atom. The van der Waals surface area contributed by atoms with Crippen molar-refractivity contribution in [1.82, 2.24) is 0 Å². The number of aliphatic hydroxyl groups is 1. The monoisotopic (exact) mass is 254 g/mol. The summed E-state index contributed by atoms with van der Waals surface area (Å²) in [6, 6.07) is 7.65. The van der Waals surface area contributed by atoms with Gasteiger partial charge >= 0.3 is 0 Å². The van der Waals surface area contributed by atoms with Gasteiger partial charge in [0.15, 0.2) is 0 Å². The zero-order chi connectivity index (χ0) is 12.3. The third-order valence-electron chi connectivity index (χ3n) is 3.00. The molecule has 4 heteroatoms. The lowest BCUT2D eigenvalue weighted by Crippen LogP contribution is -2.38. The molecule has 1 saturated heterocycles. The van der Waals surface area contributed by atoms with E-state index < -0.39 is 16.9 Å². The first kappa shape index (κ1) is 12.7. The fraction of sp³-hybridized carbons (Fsp3) is 0.538. The summed E-state index contributed by atoms with van der Waals surface area (Å²) in [4.78, 5) is 0.803. The second kappa shape index (κ2) is 5.76. The molecule has 94 valence electrons. The third-order valence-corrected chi connectivity index (χ3v) is 4.43. The van der Waals surface area contributed by atoms with Crippen LogP contribution in [0.1, 0.15) is 18.4 Å². The number of hydrogen-bond acceptors (Lipinski definition) is 3. The van der Waals surface area contributed by atoms with Crippen LogP contribution in [0.5, 0.6) is 0 Å². The highest BCUT2D eigenvalue weighted by molar-refractivity contribution is 7.85. The highest BCUT2D eigenvalue weighted by Gasteiger charge is 2.26. The molecule has 1 aliphatic heterocycles. The minimum Gasteiger partial charge on any atom is -0.390 e. The van der Waals surface area contributed by atoms with Gasteiger partial charge in [-0.25, -0.2) is 0 Å². The summed E-state index contributed by atoms with van der Waals surface area (Å²) in [5.74, 6) is 0.379. The summed E-state index contributed by atoms with van der Waals surface area (Å²) >= 11 is 0. The van der Waals surface area contributed by atoms with E-state index in [1.54, 1.807) is 0 Å². The van der Waals surface area contributed by atoms with E-state index in [-0.39, 0.29) is 6.10 Å². The Kier molecular flexibility index (Phi) is 4.31. The van der Waals surface area contributed by atoms with Gasteiger partial charge in [-0.05, 0) is 31.9 Å². The van der Waals surface area contributed by atoms with Crippen molar-refractivity contribution in [3.8, 4) is 0 Å². The predicted octanol–water partition coefficient (Wildman–Crippen LogP) is 1.64. The topological polar surface area (TPSA) is 46.5 Å². The molecule has 0 spiro atoms. The number of rotatable bonds is 3. The van der Waals surface area contributed by atoms with Crippen LogP contribution >= 0.6 is 0 Å². The van der Waals surface area contributed by atoms with Gasteiger partial charge in [-0.15, -0.1) is 0 Å². The highest BCUT2D eigenvalue weighted by atomic mass is 32.2. The van der Waals surface area contributed by atoms with Crippen LogP contribution in [0.3, 0.4) is 0 Å². The fourth-order valence-corrected chi connectivity index (χ4v) is 3.17. The van der Waals surface area contributed by atoms with Crippen LogP contribution in [0, 0.1) is 6.92 Å². The normalized spacial score (nSPS) is 26.7. The molecule has 0 bridgehead atoms. The van der Waals surface area contributed by atoms with Crippen LogP contribution in [-0.4, -0.2) is 33.9 Å². The van der Waals surface area contributed by atoms with E-state index >= 15 is 0 Å². The average molecular weight is 254 g/mol. The van der Waals surface area contributed by atoms with Crippen molar-refractivity contribution in [2.75, 3.05) is 12.4 Å². The number of hydrogen-bond donors (Lipinski definition) is 1. The maximum absolute atomic E-state index is 12.1. The van der Waals surface area contributed by atoms with Gasteiger partial charge in [0, 0.05) is 11.5 Å². The fourth-order valence-electron chi connectivity index (χ4n) is 1.92. The van der Waals surface area contributed by atoms with Gasteiger partial charge in [0.1, 0.15) is 0 Å². The van der Waals surface area contributed by atoms with Gasteiger partial charge in [0.05, 0.1) is 28.8 Å². The van der Waals surface area contributed by atoms with E-state index in [1.165, 1.54) is 0 Å². The van der Waals surface area contributed by atoms with Crippen molar-refractivity contribution in [2.45, 2.75) is 36.9 Å². The SMILES string of the molecule is Cc1ccc(S(=O)C[C@@H]2OCCC[C@H]2O)cc1. The molecule has 3 atom stereocenters. The quantitative estimate of drug-likeness (QED) is 0.892. The van der Waals surface area contributed by atoms with Crippen LogP contribution in [-0.2, 0) is 15.5 Å². The van der Waals surface area contributed by atoms with E-state index in [1.807, 2.05) is 31.2 Å². The van der Waals surface area contributed by atoms with Crippen molar-refractivity contribution in [3.63, 3.8) is 0 Å². The lowest BCUT2D eigenvalue weighted by Gasteiger charge is -2.27. The minimum atomic E-state index is -1.09. The summed E-state index contributed by atoms with van der Waals surface area (Å²) in [6.07, 6.45) is 0.869. The Hall–Kier alpha value is -0.710. The van der Waals surface area contributed by atoms with Crippen molar-refractivity contribution >= 4 is 10.8 Å². The van der Waals surface area contributed by atoms with Crippen LogP contribution in [0.15, 0.2) is 29.2 Å². The maximum atomic E-state index is 12.1. The van der Waals surface area contributed by atoms with E-state index in [4.69, 9.17) is 4.74 Å². The van der Waals surface area contributed by atoms with Gasteiger partial charge < -0.3 is 9.84 Å². The second-order valence-electron chi connectivity index (χ2n) is 4.44. The number of ether oxygens (including phenoxy) is 1. The second-order valence-corrected chi connectivity index (χ2v) is 5.94. The van der Waals surface area contributed by atoms with E-state index in [2.05, 4.69) is 0 Å². The molecule has 1 aromatic rings. The summed E-state index contributed by atoms with van der Waals surface area (Å²) in [5.41, 5.74) is 1.15. The number of aliphatic hydroxyl groups excluding tert-OH is 1. The Morgan fingerprint density at radius 1 is 1.41 bits per heavy atom. The van der Waals surface area contributed by atoms with E-state index in [0.717, 1.165) is 23.3 Å². The van der Waals surface area contributed by atoms with Crippen molar-refractivity contribution < 1.29 is 14.1 Å². The first-order valence-corrected chi connectivity index (χ1v) is 7.23. The molecule has 3 nitrogen and oxygen atoms in total. The molecular weight excluding hydrogens is 236 g/mol. The van der Waals surface area contributed by atoms with E-state index in [0.29, 0.717) is 12.4 Å². The Morgan fingerprint density at radius 2 is 2.12 bits per heavy atom. The van der Waals surface area contributed by atoms with Gasteiger partial charge in [0.25, 0.3) is 0 Å². The molecule has 1 aliphatic rings. The van der Waals surface area contributed by atoms with Crippen molar-refractivity contribution in [1.29, 1.82) is 0 Å². The summed E-state index contributed by atoms with van der Waals surface area (Å²) in [6.45, 7) is 2.66. The Balaban J connectivity index is 1.98. The molecule has 1 aromatic carbocycles. The molecular formula is C13H18O3S. The molecule has 0 aromatic heterocycles. The van der Waals surface area contributed by atoms with Crippen LogP contribution in [0.4, 0.5) is 0 Å². The lowest BCUT2D eigenvalue weighted by molar-refractivity contribution is -0.0612. The largest absolute Gasteiger partial charge is 0.390 e. The summed E-state index contributed by atoms with van der Waals surface area (Å²) < 4.78 is 17.6. The van der Waals surface area contributed by atoms with Gasteiger partial charge in [0.2, 0.25) is 0 Å². The van der Waals surface area contributed by atoms with Crippen molar-refractivity contribution in [3.05, 3.63) is 29.8 Å². The molecule has 1 fully saturated rings. The van der Waals surface area contributed by atoms with Gasteiger partial charge in [-0.2, -0.15) is 0 Å². The van der Waals surface area contributed by atoms with Crippen LogP contribution in [0.2, 0.25) is 0 Å². The smallest absolute Gasteiger partial charge is 0.0952 e. The Bertz CT molecular complexity index is 388. The molecule has 0 radical (unpaired) electrons.